The minimum atomic E-state index is -0.633. The highest BCUT2D eigenvalue weighted by molar-refractivity contribution is 5.10. The van der Waals surface area contributed by atoms with E-state index >= 15 is 0 Å². The summed E-state index contributed by atoms with van der Waals surface area (Å²) in [5.74, 6) is 1.40. The Morgan fingerprint density at radius 3 is 2.54 bits per heavy atom. The van der Waals surface area contributed by atoms with E-state index in [1.807, 2.05) is 26.8 Å². The minimum absolute atomic E-state index is 0.343. The fourth-order valence-electron chi connectivity index (χ4n) is 1.10. The van der Waals surface area contributed by atoms with Crippen LogP contribution in [-0.4, -0.2) is 11.7 Å². The Morgan fingerprint density at radius 2 is 2.15 bits per heavy atom. The Morgan fingerprint density at radius 1 is 1.54 bits per heavy atom. The quantitative estimate of drug-likeness (QED) is 0.748. The van der Waals surface area contributed by atoms with Crippen molar-refractivity contribution in [2.24, 2.45) is 11.1 Å². The molecule has 0 fully saturated rings. The maximum absolute atomic E-state index is 9.89. The molecular formula is C10H17NO2. The van der Waals surface area contributed by atoms with Crippen molar-refractivity contribution in [3.05, 3.63) is 23.7 Å². The summed E-state index contributed by atoms with van der Waals surface area (Å²) in [5.41, 5.74) is 5.21. The molecule has 3 nitrogen and oxygen atoms in total. The van der Waals surface area contributed by atoms with Gasteiger partial charge < -0.3 is 15.3 Å². The van der Waals surface area contributed by atoms with Crippen LogP contribution in [0.25, 0.3) is 0 Å². The van der Waals surface area contributed by atoms with Crippen molar-refractivity contribution < 1.29 is 9.52 Å². The lowest BCUT2D eigenvalue weighted by Crippen LogP contribution is -2.30. The molecule has 0 aromatic carbocycles. The average molecular weight is 183 g/mol. The first-order valence-corrected chi connectivity index (χ1v) is 4.42. The molecule has 0 saturated carbocycles. The summed E-state index contributed by atoms with van der Waals surface area (Å²) >= 11 is 0. The first kappa shape index (κ1) is 10.3. The van der Waals surface area contributed by atoms with Crippen LogP contribution in [0.5, 0.6) is 0 Å². The van der Waals surface area contributed by atoms with E-state index in [-0.39, 0.29) is 5.41 Å². The Kier molecular flexibility index (Phi) is 2.78. The van der Waals surface area contributed by atoms with E-state index in [2.05, 4.69) is 0 Å². The molecule has 0 aliphatic heterocycles. The second kappa shape index (κ2) is 3.52. The van der Waals surface area contributed by atoms with E-state index < -0.39 is 6.10 Å². The lowest BCUT2D eigenvalue weighted by atomic mass is 9.85. The largest absolute Gasteiger partial charge is 0.464 e. The third-order valence-corrected chi connectivity index (χ3v) is 2.30. The molecule has 74 valence electrons. The summed E-state index contributed by atoms with van der Waals surface area (Å²) in [5, 5.41) is 9.89. The zero-order valence-electron chi connectivity index (χ0n) is 8.37. The van der Waals surface area contributed by atoms with Crippen molar-refractivity contribution in [2.45, 2.75) is 26.9 Å². The predicted molar refractivity (Wildman–Crippen MR) is 51.2 cm³/mol. The van der Waals surface area contributed by atoms with E-state index in [0.29, 0.717) is 12.3 Å². The number of hydrogen-bond donors (Lipinski definition) is 2. The van der Waals surface area contributed by atoms with Gasteiger partial charge in [0.25, 0.3) is 0 Å². The standard InChI is InChI=1S/C10H17NO2/c1-7-4-5-8(13-7)9(12)10(2,3)6-11/h4-5,9,12H,6,11H2,1-3H3. The smallest absolute Gasteiger partial charge is 0.133 e. The van der Waals surface area contributed by atoms with Gasteiger partial charge in [-0.05, 0) is 19.1 Å². The summed E-state index contributed by atoms with van der Waals surface area (Å²) in [6.45, 7) is 6.10. The number of furan rings is 1. The third-order valence-electron chi connectivity index (χ3n) is 2.30. The van der Waals surface area contributed by atoms with Gasteiger partial charge in [0.05, 0.1) is 0 Å². The van der Waals surface area contributed by atoms with Crippen LogP contribution >= 0.6 is 0 Å². The molecule has 1 aromatic rings. The highest BCUT2D eigenvalue weighted by atomic mass is 16.4. The van der Waals surface area contributed by atoms with Crippen LogP contribution in [0, 0.1) is 12.3 Å². The van der Waals surface area contributed by atoms with E-state index in [0.717, 1.165) is 5.76 Å². The van der Waals surface area contributed by atoms with Gasteiger partial charge >= 0.3 is 0 Å². The highest BCUT2D eigenvalue weighted by Crippen LogP contribution is 2.32. The van der Waals surface area contributed by atoms with Crippen LogP contribution in [0.1, 0.15) is 31.5 Å². The molecule has 1 atom stereocenters. The van der Waals surface area contributed by atoms with Crippen LogP contribution in [0.15, 0.2) is 16.5 Å². The van der Waals surface area contributed by atoms with E-state index in [1.54, 1.807) is 6.07 Å². The highest BCUT2D eigenvalue weighted by Gasteiger charge is 2.29. The minimum Gasteiger partial charge on any atom is -0.464 e. The summed E-state index contributed by atoms with van der Waals surface area (Å²) in [7, 11) is 0. The SMILES string of the molecule is Cc1ccc(C(O)C(C)(C)CN)o1. The van der Waals surface area contributed by atoms with Crippen LogP contribution in [0.2, 0.25) is 0 Å². The van der Waals surface area contributed by atoms with Crippen molar-refractivity contribution in [2.75, 3.05) is 6.54 Å². The lowest BCUT2D eigenvalue weighted by molar-refractivity contribution is 0.0363. The fraction of sp³-hybridized carbons (Fsp3) is 0.600. The number of aliphatic hydroxyl groups is 1. The first-order valence-electron chi connectivity index (χ1n) is 4.42. The van der Waals surface area contributed by atoms with Gasteiger partial charge in [-0.2, -0.15) is 0 Å². The predicted octanol–water partition coefficient (Wildman–Crippen LogP) is 1.61. The molecule has 0 amide bonds. The molecule has 13 heavy (non-hydrogen) atoms. The Hall–Kier alpha value is -0.800. The lowest BCUT2D eigenvalue weighted by Gasteiger charge is -2.27. The summed E-state index contributed by atoms with van der Waals surface area (Å²) in [4.78, 5) is 0. The van der Waals surface area contributed by atoms with Gasteiger partial charge in [-0.25, -0.2) is 0 Å². The van der Waals surface area contributed by atoms with E-state index in [1.165, 1.54) is 0 Å². The molecular weight excluding hydrogens is 166 g/mol. The van der Waals surface area contributed by atoms with Crippen LogP contribution in [0.3, 0.4) is 0 Å². The Labute approximate surface area is 78.5 Å². The maximum Gasteiger partial charge on any atom is 0.133 e. The number of rotatable bonds is 3. The van der Waals surface area contributed by atoms with Gasteiger partial charge in [0.2, 0.25) is 0 Å². The summed E-state index contributed by atoms with van der Waals surface area (Å²) in [6, 6.07) is 3.63. The molecule has 3 N–H and O–H groups in total. The fourth-order valence-corrected chi connectivity index (χ4v) is 1.10. The van der Waals surface area contributed by atoms with E-state index in [9.17, 15) is 5.11 Å². The van der Waals surface area contributed by atoms with Crippen LogP contribution in [-0.2, 0) is 0 Å². The Bertz CT molecular complexity index is 278. The number of nitrogens with two attached hydrogens (primary N) is 1. The van der Waals surface area contributed by atoms with Crippen molar-refractivity contribution in [3.8, 4) is 0 Å². The molecule has 1 rings (SSSR count). The van der Waals surface area contributed by atoms with Crippen molar-refractivity contribution >= 4 is 0 Å². The number of aryl methyl sites for hydroxylation is 1. The zero-order chi connectivity index (χ0) is 10.1. The molecule has 0 saturated heterocycles. The molecule has 1 aromatic heterocycles. The normalized spacial score (nSPS) is 14.5. The van der Waals surface area contributed by atoms with Gasteiger partial charge in [-0.1, -0.05) is 13.8 Å². The van der Waals surface area contributed by atoms with E-state index in [4.69, 9.17) is 10.2 Å². The molecule has 1 unspecified atom stereocenters. The van der Waals surface area contributed by atoms with Gasteiger partial charge in [-0.3, -0.25) is 0 Å². The summed E-state index contributed by atoms with van der Waals surface area (Å²) < 4.78 is 5.33. The second-order valence-corrected chi connectivity index (χ2v) is 4.04. The summed E-state index contributed by atoms with van der Waals surface area (Å²) in [6.07, 6.45) is -0.633. The second-order valence-electron chi connectivity index (χ2n) is 4.04. The van der Waals surface area contributed by atoms with Crippen molar-refractivity contribution in [3.63, 3.8) is 0 Å². The first-order chi connectivity index (χ1) is 5.97. The monoisotopic (exact) mass is 183 g/mol. The number of aliphatic hydroxyl groups excluding tert-OH is 1. The Balaban J connectivity index is 2.84. The van der Waals surface area contributed by atoms with Gasteiger partial charge in [0.1, 0.15) is 17.6 Å². The van der Waals surface area contributed by atoms with Gasteiger partial charge in [0, 0.05) is 12.0 Å². The van der Waals surface area contributed by atoms with Gasteiger partial charge in [-0.15, -0.1) is 0 Å². The van der Waals surface area contributed by atoms with Crippen LogP contribution < -0.4 is 5.73 Å². The third kappa shape index (κ3) is 2.11. The topological polar surface area (TPSA) is 59.4 Å². The molecule has 0 aliphatic rings. The van der Waals surface area contributed by atoms with Crippen molar-refractivity contribution in [1.82, 2.24) is 0 Å². The molecule has 3 heteroatoms. The molecule has 0 bridgehead atoms. The molecule has 0 spiro atoms. The molecule has 0 aliphatic carbocycles. The zero-order valence-corrected chi connectivity index (χ0v) is 8.37. The molecule has 1 heterocycles. The van der Waals surface area contributed by atoms with Crippen molar-refractivity contribution in [1.29, 1.82) is 0 Å². The average Bonchev–Trinajstić information content (AvgIpc) is 2.50. The molecule has 0 radical (unpaired) electrons. The number of hydrogen-bond acceptors (Lipinski definition) is 3. The van der Waals surface area contributed by atoms with Crippen LogP contribution in [0.4, 0.5) is 0 Å². The maximum atomic E-state index is 9.89. The van der Waals surface area contributed by atoms with Gasteiger partial charge in [0.15, 0.2) is 0 Å².